The van der Waals surface area contributed by atoms with Gasteiger partial charge in [0.25, 0.3) is 0 Å². The van der Waals surface area contributed by atoms with Crippen LogP contribution in [0.5, 0.6) is 11.5 Å². The number of hydrogen-bond donors (Lipinski definition) is 2. The molecule has 0 spiro atoms. The number of fused-ring (bicyclic) bond motifs is 4. The highest BCUT2D eigenvalue weighted by molar-refractivity contribution is 5.97. The van der Waals surface area contributed by atoms with Crippen LogP contribution in [0.1, 0.15) is 56.0 Å². The minimum absolute atomic E-state index is 0.0174. The predicted molar refractivity (Wildman–Crippen MR) is 169 cm³/mol. The summed E-state index contributed by atoms with van der Waals surface area (Å²) in [6.45, 7) is 6.93. The molecule has 9 nitrogen and oxygen atoms in total. The van der Waals surface area contributed by atoms with Gasteiger partial charge in [-0.05, 0) is 74.2 Å². The molecule has 0 radical (unpaired) electrons. The van der Waals surface area contributed by atoms with Crippen LogP contribution in [0.3, 0.4) is 0 Å². The van der Waals surface area contributed by atoms with E-state index in [0.29, 0.717) is 25.3 Å². The third kappa shape index (κ3) is 5.68. The molecule has 0 saturated carbocycles. The maximum absolute atomic E-state index is 14.3. The zero-order chi connectivity index (χ0) is 30.8. The van der Waals surface area contributed by atoms with Gasteiger partial charge < -0.3 is 29.4 Å². The average molecular weight is 599 g/mol. The number of allylic oxidation sites excluding steroid dienone is 3. The van der Waals surface area contributed by atoms with Crippen molar-refractivity contribution in [2.24, 2.45) is 0 Å². The standard InChI is InChI=1S/C35H42N4O5/c1-4-37(17-18-44-25-11-7-5-6-8-12-25)21-23(2)38-22-32(41)39-29(35(38)42)20-27-26-13-9-10-14-28(26)36-33(27)34(39)24-15-16-30(40)31(19-24)43-3/h7,9-16,19,23,29,34,36,40H,4-6,8,17-18,20-22H2,1-3H3. The summed E-state index contributed by atoms with van der Waals surface area (Å²) in [6, 6.07) is 11.9. The number of phenols is 1. The number of ether oxygens (including phenoxy) is 2. The number of methoxy groups -OCH3 is 1. The van der Waals surface area contributed by atoms with Crippen molar-refractivity contribution in [3.63, 3.8) is 0 Å². The molecule has 1 aromatic heterocycles. The van der Waals surface area contributed by atoms with Gasteiger partial charge >= 0.3 is 0 Å². The number of amides is 2. The third-order valence-electron chi connectivity index (χ3n) is 9.19. The van der Waals surface area contributed by atoms with Gasteiger partial charge in [0.2, 0.25) is 11.8 Å². The van der Waals surface area contributed by atoms with Gasteiger partial charge in [-0.3, -0.25) is 14.5 Å². The second-order valence-electron chi connectivity index (χ2n) is 11.9. The van der Waals surface area contributed by atoms with Crippen molar-refractivity contribution in [2.45, 2.75) is 57.7 Å². The van der Waals surface area contributed by atoms with Gasteiger partial charge in [0.05, 0.1) is 13.2 Å². The highest BCUT2D eigenvalue weighted by atomic mass is 16.5. The summed E-state index contributed by atoms with van der Waals surface area (Å²) in [5, 5.41) is 11.4. The number of piperazine rings is 1. The van der Waals surface area contributed by atoms with Gasteiger partial charge in [0.15, 0.2) is 11.5 Å². The molecule has 1 aliphatic carbocycles. The number of benzene rings is 2. The van der Waals surface area contributed by atoms with E-state index in [1.165, 1.54) is 7.11 Å². The normalized spacial score (nSPS) is 20.8. The first-order valence-corrected chi connectivity index (χ1v) is 15.7. The molecule has 3 unspecified atom stereocenters. The maximum atomic E-state index is 14.3. The molecule has 2 amide bonds. The Morgan fingerprint density at radius 2 is 2.00 bits per heavy atom. The molecule has 2 N–H and O–H groups in total. The molecule has 3 atom stereocenters. The van der Waals surface area contributed by atoms with Crippen molar-refractivity contribution in [3.8, 4) is 11.5 Å². The summed E-state index contributed by atoms with van der Waals surface area (Å²) >= 11 is 0. The number of phenolic OH excluding ortho intramolecular Hbond substituents is 1. The van der Waals surface area contributed by atoms with Gasteiger partial charge in [0, 0.05) is 42.1 Å². The highest BCUT2D eigenvalue weighted by Gasteiger charge is 2.49. The Morgan fingerprint density at radius 1 is 1.16 bits per heavy atom. The molecule has 3 heterocycles. The molecular weight excluding hydrogens is 556 g/mol. The van der Waals surface area contributed by atoms with Gasteiger partial charge in [-0.1, -0.05) is 37.3 Å². The number of aromatic nitrogens is 1. The lowest BCUT2D eigenvalue weighted by atomic mass is 9.86. The van der Waals surface area contributed by atoms with Crippen LogP contribution in [0.25, 0.3) is 10.9 Å². The number of rotatable bonds is 10. The number of H-pyrrole nitrogens is 1. The van der Waals surface area contributed by atoms with E-state index in [-0.39, 0.29) is 30.2 Å². The first kappa shape index (κ1) is 29.8. The van der Waals surface area contributed by atoms with Crippen LogP contribution in [-0.4, -0.2) is 88.6 Å². The summed E-state index contributed by atoms with van der Waals surface area (Å²) in [5.74, 6) is 1.14. The van der Waals surface area contributed by atoms with Crippen LogP contribution >= 0.6 is 0 Å². The summed E-state index contributed by atoms with van der Waals surface area (Å²) in [6.07, 6.45) is 10.1. The van der Waals surface area contributed by atoms with Crippen molar-refractivity contribution in [1.29, 1.82) is 0 Å². The molecule has 44 heavy (non-hydrogen) atoms. The number of hydrogen-bond acceptors (Lipinski definition) is 6. The van der Waals surface area contributed by atoms with E-state index >= 15 is 0 Å². The number of aromatic amines is 1. The van der Waals surface area contributed by atoms with Crippen LogP contribution in [0.2, 0.25) is 0 Å². The summed E-state index contributed by atoms with van der Waals surface area (Å²) in [7, 11) is 1.50. The lowest BCUT2D eigenvalue weighted by Gasteiger charge is -2.48. The predicted octanol–water partition coefficient (Wildman–Crippen LogP) is 4.92. The largest absolute Gasteiger partial charge is 0.504 e. The number of likely N-dealkylation sites (N-methyl/N-ethyl adjacent to an activating group) is 1. The first-order valence-electron chi connectivity index (χ1n) is 15.7. The molecule has 6 rings (SSSR count). The lowest BCUT2D eigenvalue weighted by molar-refractivity contribution is -0.161. The molecule has 1 saturated heterocycles. The van der Waals surface area contributed by atoms with Crippen molar-refractivity contribution in [3.05, 3.63) is 83.3 Å². The highest BCUT2D eigenvalue weighted by Crippen LogP contribution is 2.44. The molecule has 2 aromatic carbocycles. The zero-order valence-corrected chi connectivity index (χ0v) is 25.8. The van der Waals surface area contributed by atoms with E-state index in [4.69, 9.17) is 9.47 Å². The van der Waals surface area contributed by atoms with Crippen molar-refractivity contribution < 1.29 is 24.2 Å². The second kappa shape index (κ2) is 12.8. The summed E-state index contributed by atoms with van der Waals surface area (Å²) in [4.78, 5) is 37.7. The van der Waals surface area contributed by atoms with E-state index in [2.05, 4.69) is 41.1 Å². The number of para-hydroxylation sites is 1. The third-order valence-corrected chi connectivity index (χ3v) is 9.19. The lowest BCUT2D eigenvalue weighted by Crippen LogP contribution is -2.65. The van der Waals surface area contributed by atoms with Gasteiger partial charge in [-0.15, -0.1) is 0 Å². The molecule has 2 aliphatic heterocycles. The maximum Gasteiger partial charge on any atom is 0.246 e. The van der Waals surface area contributed by atoms with Crippen LogP contribution in [0, 0.1) is 0 Å². The van der Waals surface area contributed by atoms with Crippen molar-refractivity contribution in [2.75, 3.05) is 39.9 Å². The van der Waals surface area contributed by atoms with E-state index in [9.17, 15) is 14.7 Å². The molecule has 0 bridgehead atoms. The van der Waals surface area contributed by atoms with Crippen LogP contribution < -0.4 is 4.74 Å². The van der Waals surface area contributed by atoms with Crippen LogP contribution in [0.4, 0.5) is 0 Å². The number of aromatic hydroxyl groups is 1. The molecule has 232 valence electrons. The first-order chi connectivity index (χ1) is 21.4. The molecule has 3 aromatic rings. The quantitative estimate of drug-likeness (QED) is 0.344. The fraction of sp³-hybridized carbons (Fsp3) is 0.429. The smallest absolute Gasteiger partial charge is 0.246 e. The molecule has 9 heteroatoms. The van der Waals surface area contributed by atoms with Gasteiger partial charge in [-0.25, -0.2) is 0 Å². The van der Waals surface area contributed by atoms with E-state index in [0.717, 1.165) is 65.8 Å². The SMILES string of the molecule is CCN(CCOC1=CCCCC=C1)CC(C)N1CC(=O)N2C(Cc3c([nH]c4ccccc34)C2c2ccc(O)c(OC)c2)C1=O. The Hall–Kier alpha value is -4.24. The Labute approximate surface area is 258 Å². The number of carbonyl (C=O) groups excluding carboxylic acids is 2. The number of carbonyl (C=O) groups is 2. The summed E-state index contributed by atoms with van der Waals surface area (Å²) < 4.78 is 11.4. The van der Waals surface area contributed by atoms with Crippen molar-refractivity contribution >= 4 is 22.7 Å². The molecule has 3 aliphatic rings. The number of nitrogens with one attached hydrogen (secondary N) is 1. The second-order valence-corrected chi connectivity index (χ2v) is 11.9. The molecular formula is C35H42N4O5. The molecule has 1 fully saturated rings. The van der Waals surface area contributed by atoms with E-state index in [1.807, 2.05) is 25.1 Å². The summed E-state index contributed by atoms with van der Waals surface area (Å²) in [5.41, 5.74) is 3.68. The fourth-order valence-corrected chi connectivity index (χ4v) is 6.87. The Morgan fingerprint density at radius 3 is 2.82 bits per heavy atom. The zero-order valence-electron chi connectivity index (χ0n) is 25.8. The Balaban J connectivity index is 1.25. The van der Waals surface area contributed by atoms with Gasteiger partial charge in [-0.2, -0.15) is 0 Å². The Kier molecular flexibility index (Phi) is 8.66. The minimum Gasteiger partial charge on any atom is -0.504 e. The van der Waals surface area contributed by atoms with E-state index < -0.39 is 12.1 Å². The van der Waals surface area contributed by atoms with Crippen LogP contribution in [0.15, 0.2) is 66.5 Å². The number of nitrogens with zero attached hydrogens (tertiary/aromatic N) is 3. The van der Waals surface area contributed by atoms with Crippen LogP contribution in [-0.2, 0) is 20.7 Å². The van der Waals surface area contributed by atoms with Crippen molar-refractivity contribution in [1.82, 2.24) is 19.7 Å². The topological polar surface area (TPSA) is 98.3 Å². The Bertz CT molecular complexity index is 1590. The monoisotopic (exact) mass is 598 g/mol. The average Bonchev–Trinajstić information content (AvgIpc) is 3.20. The van der Waals surface area contributed by atoms with Gasteiger partial charge in [0.1, 0.15) is 25.0 Å². The fourth-order valence-electron chi connectivity index (χ4n) is 6.87. The van der Waals surface area contributed by atoms with E-state index in [1.54, 1.807) is 28.0 Å². The minimum atomic E-state index is -0.637.